The first kappa shape index (κ1) is 15.9. The van der Waals surface area contributed by atoms with Crippen LogP contribution in [0.15, 0.2) is 18.5 Å². The standard InChI is InChI=1S/C13H13Cl3N4O/c1-6(2)20-12-10(16)13(19-5-18-12)21-11-8(14)3-7(17)4-9(11)15/h3-6H,17H2,1-2H3,(H,18,19,20). The van der Waals surface area contributed by atoms with Gasteiger partial charge in [0.25, 0.3) is 0 Å². The van der Waals surface area contributed by atoms with Crippen molar-refractivity contribution in [3.05, 3.63) is 33.5 Å². The predicted molar refractivity (Wildman–Crippen MR) is 86.7 cm³/mol. The molecule has 0 bridgehead atoms. The van der Waals surface area contributed by atoms with E-state index in [0.717, 1.165) is 0 Å². The van der Waals surface area contributed by atoms with Crippen LogP contribution in [0.5, 0.6) is 11.6 Å². The highest BCUT2D eigenvalue weighted by Gasteiger charge is 2.16. The third-order valence-corrected chi connectivity index (χ3v) is 3.30. The van der Waals surface area contributed by atoms with Crippen molar-refractivity contribution in [2.45, 2.75) is 19.9 Å². The summed E-state index contributed by atoms with van der Waals surface area (Å²) in [7, 11) is 0. The molecule has 0 aliphatic heterocycles. The van der Waals surface area contributed by atoms with E-state index >= 15 is 0 Å². The summed E-state index contributed by atoms with van der Waals surface area (Å²) in [6.07, 6.45) is 1.34. The van der Waals surface area contributed by atoms with E-state index in [-0.39, 0.29) is 32.7 Å². The van der Waals surface area contributed by atoms with Gasteiger partial charge in [0.15, 0.2) is 11.6 Å². The van der Waals surface area contributed by atoms with Gasteiger partial charge >= 0.3 is 0 Å². The molecule has 2 rings (SSSR count). The number of ether oxygens (including phenoxy) is 1. The molecule has 0 amide bonds. The molecule has 0 spiro atoms. The van der Waals surface area contributed by atoms with Crippen LogP contribution in [0.3, 0.4) is 0 Å². The highest BCUT2D eigenvalue weighted by Crippen LogP contribution is 2.40. The number of nitrogens with zero attached hydrogens (tertiary/aromatic N) is 2. The van der Waals surface area contributed by atoms with E-state index in [1.54, 1.807) is 0 Å². The molecule has 112 valence electrons. The second kappa shape index (κ2) is 6.56. The molecule has 0 radical (unpaired) electrons. The highest BCUT2D eigenvalue weighted by atomic mass is 35.5. The van der Waals surface area contributed by atoms with Gasteiger partial charge in [-0.1, -0.05) is 34.8 Å². The van der Waals surface area contributed by atoms with Crippen molar-refractivity contribution in [1.82, 2.24) is 9.97 Å². The Morgan fingerprint density at radius 2 is 1.76 bits per heavy atom. The summed E-state index contributed by atoms with van der Waals surface area (Å²) in [5.41, 5.74) is 6.08. The van der Waals surface area contributed by atoms with Gasteiger partial charge in [0, 0.05) is 11.7 Å². The molecule has 2 aromatic rings. The quantitative estimate of drug-likeness (QED) is 0.789. The Morgan fingerprint density at radius 1 is 1.14 bits per heavy atom. The average molecular weight is 348 g/mol. The lowest BCUT2D eigenvalue weighted by Gasteiger charge is -2.14. The van der Waals surface area contributed by atoms with E-state index in [4.69, 9.17) is 45.3 Å². The van der Waals surface area contributed by atoms with Crippen LogP contribution in [0.25, 0.3) is 0 Å². The fourth-order valence-electron chi connectivity index (χ4n) is 1.57. The number of nitrogens with one attached hydrogen (secondary N) is 1. The minimum absolute atomic E-state index is 0.156. The third kappa shape index (κ3) is 3.81. The van der Waals surface area contributed by atoms with Crippen LogP contribution in [0.1, 0.15) is 13.8 Å². The summed E-state index contributed by atoms with van der Waals surface area (Å²) in [6.45, 7) is 3.93. The zero-order chi connectivity index (χ0) is 15.6. The Bertz CT molecular complexity index is 641. The molecule has 0 atom stereocenters. The smallest absolute Gasteiger partial charge is 0.243 e. The lowest BCUT2D eigenvalue weighted by molar-refractivity contribution is 0.462. The lowest BCUT2D eigenvalue weighted by atomic mass is 10.3. The van der Waals surface area contributed by atoms with Crippen molar-refractivity contribution < 1.29 is 4.74 Å². The van der Waals surface area contributed by atoms with E-state index in [1.807, 2.05) is 13.8 Å². The Morgan fingerprint density at radius 3 is 2.33 bits per heavy atom. The maximum atomic E-state index is 6.22. The zero-order valence-corrected chi connectivity index (χ0v) is 13.6. The maximum absolute atomic E-state index is 6.22. The number of hydrogen-bond donors (Lipinski definition) is 2. The van der Waals surface area contributed by atoms with Crippen molar-refractivity contribution in [3.63, 3.8) is 0 Å². The van der Waals surface area contributed by atoms with Crippen molar-refractivity contribution in [3.8, 4) is 11.6 Å². The van der Waals surface area contributed by atoms with E-state index in [0.29, 0.717) is 11.5 Å². The molecule has 21 heavy (non-hydrogen) atoms. The number of halogens is 3. The normalized spacial score (nSPS) is 10.8. The monoisotopic (exact) mass is 346 g/mol. The van der Waals surface area contributed by atoms with Gasteiger partial charge in [-0.15, -0.1) is 0 Å². The summed E-state index contributed by atoms with van der Waals surface area (Å²) in [5.74, 6) is 0.867. The van der Waals surface area contributed by atoms with E-state index in [9.17, 15) is 0 Å². The second-order valence-corrected chi connectivity index (χ2v) is 5.75. The summed E-state index contributed by atoms with van der Waals surface area (Å²) in [6, 6.07) is 3.23. The Hall–Kier alpha value is -1.43. The van der Waals surface area contributed by atoms with Crippen LogP contribution < -0.4 is 15.8 Å². The third-order valence-electron chi connectivity index (χ3n) is 2.40. The fourth-order valence-corrected chi connectivity index (χ4v) is 2.34. The van der Waals surface area contributed by atoms with E-state index < -0.39 is 0 Å². The summed E-state index contributed by atoms with van der Waals surface area (Å²) in [4.78, 5) is 8.05. The topological polar surface area (TPSA) is 73.1 Å². The average Bonchev–Trinajstić information content (AvgIpc) is 2.37. The minimum atomic E-state index is 0.156. The number of nitrogens with two attached hydrogens (primary N) is 1. The molecule has 5 nitrogen and oxygen atoms in total. The molecule has 0 aliphatic carbocycles. The molecule has 3 N–H and O–H groups in total. The van der Waals surface area contributed by atoms with Gasteiger partial charge in [-0.3, -0.25) is 0 Å². The molecule has 0 saturated heterocycles. The van der Waals surface area contributed by atoms with E-state index in [1.165, 1.54) is 18.5 Å². The molecular weight excluding hydrogens is 335 g/mol. The van der Waals surface area contributed by atoms with Crippen LogP contribution in [0, 0.1) is 0 Å². The van der Waals surface area contributed by atoms with Crippen molar-refractivity contribution in [1.29, 1.82) is 0 Å². The molecule has 1 aromatic carbocycles. The molecule has 0 saturated carbocycles. The van der Waals surface area contributed by atoms with Crippen molar-refractivity contribution >= 4 is 46.3 Å². The SMILES string of the molecule is CC(C)Nc1ncnc(Oc2c(Cl)cc(N)cc2Cl)c1Cl. The summed E-state index contributed by atoms with van der Waals surface area (Å²) >= 11 is 18.4. The maximum Gasteiger partial charge on any atom is 0.243 e. The zero-order valence-electron chi connectivity index (χ0n) is 11.3. The van der Waals surface area contributed by atoms with Gasteiger partial charge in [-0.2, -0.15) is 4.98 Å². The second-order valence-electron chi connectivity index (χ2n) is 4.56. The van der Waals surface area contributed by atoms with E-state index in [2.05, 4.69) is 15.3 Å². The van der Waals surface area contributed by atoms with Crippen LogP contribution >= 0.6 is 34.8 Å². The van der Waals surface area contributed by atoms with Gasteiger partial charge in [0.1, 0.15) is 11.3 Å². The minimum Gasteiger partial charge on any atom is -0.434 e. The van der Waals surface area contributed by atoms with Crippen molar-refractivity contribution in [2.75, 3.05) is 11.1 Å². The van der Waals surface area contributed by atoms with Crippen LogP contribution in [0.4, 0.5) is 11.5 Å². The van der Waals surface area contributed by atoms with Gasteiger partial charge in [0.2, 0.25) is 5.88 Å². The number of hydrogen-bond acceptors (Lipinski definition) is 5. The molecule has 0 aliphatic rings. The van der Waals surface area contributed by atoms with Crippen molar-refractivity contribution in [2.24, 2.45) is 0 Å². The molecule has 1 aromatic heterocycles. The number of nitrogen functional groups attached to an aromatic ring is 1. The molecule has 1 heterocycles. The number of benzene rings is 1. The summed E-state index contributed by atoms with van der Waals surface area (Å²) < 4.78 is 5.61. The lowest BCUT2D eigenvalue weighted by Crippen LogP contribution is -2.12. The molecular formula is C13H13Cl3N4O. The van der Waals surface area contributed by atoms with Crippen LogP contribution in [-0.2, 0) is 0 Å². The van der Waals surface area contributed by atoms with Gasteiger partial charge < -0.3 is 15.8 Å². The number of rotatable bonds is 4. The van der Waals surface area contributed by atoms with Crippen LogP contribution in [-0.4, -0.2) is 16.0 Å². The highest BCUT2D eigenvalue weighted by molar-refractivity contribution is 6.38. The molecule has 0 unspecified atom stereocenters. The fraction of sp³-hybridized carbons (Fsp3) is 0.231. The van der Waals surface area contributed by atoms with Crippen LogP contribution in [0.2, 0.25) is 15.1 Å². The predicted octanol–water partition coefficient (Wildman–Crippen LogP) is 4.63. The Labute approximate surface area is 137 Å². The Balaban J connectivity index is 2.36. The van der Waals surface area contributed by atoms with Gasteiger partial charge in [-0.05, 0) is 26.0 Å². The first-order valence-corrected chi connectivity index (χ1v) is 7.21. The van der Waals surface area contributed by atoms with Gasteiger partial charge in [0.05, 0.1) is 10.0 Å². The first-order chi connectivity index (χ1) is 9.88. The molecule has 8 heteroatoms. The first-order valence-electron chi connectivity index (χ1n) is 6.08. The molecule has 0 fully saturated rings. The van der Waals surface area contributed by atoms with Gasteiger partial charge in [-0.25, -0.2) is 4.98 Å². The largest absolute Gasteiger partial charge is 0.434 e. The Kier molecular flexibility index (Phi) is 4.98. The number of aromatic nitrogens is 2. The number of anilines is 2. The summed E-state index contributed by atoms with van der Waals surface area (Å²) in [5, 5.41) is 3.88.